The Balaban J connectivity index is 1.66. The summed E-state index contributed by atoms with van der Waals surface area (Å²) in [5.41, 5.74) is 2.25. The first kappa shape index (κ1) is 24.8. The van der Waals surface area contributed by atoms with Crippen LogP contribution in [0.2, 0.25) is 10.0 Å². The minimum Gasteiger partial charge on any atom is -0.478 e. The predicted octanol–water partition coefficient (Wildman–Crippen LogP) is 5.04. The van der Waals surface area contributed by atoms with Crippen molar-refractivity contribution in [3.05, 3.63) is 87.1 Å². The monoisotopic (exact) mass is 524 g/mol. The molecule has 4 aromatic rings. The van der Waals surface area contributed by atoms with E-state index in [1.165, 1.54) is 35.3 Å². The van der Waals surface area contributed by atoms with Crippen LogP contribution in [0.5, 0.6) is 0 Å². The number of halogens is 2. The van der Waals surface area contributed by atoms with Gasteiger partial charge in [-0.2, -0.15) is 5.10 Å². The standard InChI is InChI=1S/C24H18Cl2N6O4/c1-2-32-22(33)20(29-24(36)30-21-17(25)11-28-12-18(21)26)8-19(31-32)16-7-15(9-27-10-16)13-3-5-14(6-4-13)23(34)35/h3-12H,2H2,1H3,(H,34,35)(H2,28,29,30,36). The number of nitrogens with one attached hydrogen (secondary N) is 2. The zero-order valence-electron chi connectivity index (χ0n) is 18.7. The molecule has 4 rings (SSSR count). The van der Waals surface area contributed by atoms with Crippen LogP contribution < -0.4 is 16.2 Å². The van der Waals surface area contributed by atoms with Gasteiger partial charge in [0, 0.05) is 42.5 Å². The Morgan fingerprint density at radius 1 is 0.917 bits per heavy atom. The van der Waals surface area contributed by atoms with Crippen molar-refractivity contribution in [2.75, 3.05) is 10.6 Å². The Hall–Kier alpha value is -4.28. The molecule has 0 unspecified atom stereocenters. The van der Waals surface area contributed by atoms with Crippen LogP contribution in [0.1, 0.15) is 17.3 Å². The molecule has 0 aliphatic carbocycles. The summed E-state index contributed by atoms with van der Waals surface area (Å²) in [6.45, 7) is 2.01. The van der Waals surface area contributed by atoms with Crippen LogP contribution in [0.4, 0.5) is 16.2 Å². The van der Waals surface area contributed by atoms with E-state index in [0.29, 0.717) is 11.3 Å². The SMILES string of the molecule is CCn1nc(-c2cncc(-c3ccc(C(=O)O)cc3)c2)cc(NC(=O)Nc2c(Cl)cncc2Cl)c1=O. The van der Waals surface area contributed by atoms with Crippen molar-refractivity contribution in [1.29, 1.82) is 0 Å². The summed E-state index contributed by atoms with van der Waals surface area (Å²) >= 11 is 12.1. The number of hydrogen-bond acceptors (Lipinski definition) is 6. The van der Waals surface area contributed by atoms with Crippen molar-refractivity contribution in [2.45, 2.75) is 13.5 Å². The molecule has 12 heteroatoms. The van der Waals surface area contributed by atoms with E-state index >= 15 is 0 Å². The second kappa shape index (κ2) is 10.5. The van der Waals surface area contributed by atoms with Crippen molar-refractivity contribution in [3.63, 3.8) is 0 Å². The first-order valence-corrected chi connectivity index (χ1v) is 11.3. The van der Waals surface area contributed by atoms with Gasteiger partial charge in [0.05, 0.1) is 27.0 Å². The normalized spacial score (nSPS) is 10.6. The van der Waals surface area contributed by atoms with Gasteiger partial charge in [-0.3, -0.25) is 14.8 Å². The van der Waals surface area contributed by atoms with Crippen LogP contribution in [-0.4, -0.2) is 36.9 Å². The number of carboxylic acids is 1. The number of benzene rings is 1. The number of aromatic nitrogens is 4. The molecule has 3 heterocycles. The summed E-state index contributed by atoms with van der Waals surface area (Å²) in [5, 5.41) is 18.8. The number of aryl methyl sites for hydroxylation is 1. The summed E-state index contributed by atoms with van der Waals surface area (Å²) in [6.07, 6.45) is 5.85. The van der Waals surface area contributed by atoms with Gasteiger partial charge in [-0.15, -0.1) is 0 Å². The molecule has 0 radical (unpaired) electrons. The number of hydrogen-bond donors (Lipinski definition) is 3. The largest absolute Gasteiger partial charge is 0.478 e. The van der Waals surface area contributed by atoms with E-state index in [1.54, 1.807) is 37.5 Å². The Labute approximate surface area is 214 Å². The van der Waals surface area contributed by atoms with Gasteiger partial charge in [0.15, 0.2) is 0 Å². The van der Waals surface area contributed by atoms with Gasteiger partial charge in [0.1, 0.15) is 5.69 Å². The number of anilines is 2. The molecule has 0 aliphatic rings. The first-order valence-electron chi connectivity index (χ1n) is 10.5. The van der Waals surface area contributed by atoms with Gasteiger partial charge in [0.2, 0.25) is 0 Å². The van der Waals surface area contributed by atoms with Gasteiger partial charge in [-0.25, -0.2) is 14.3 Å². The van der Waals surface area contributed by atoms with Crippen molar-refractivity contribution in [3.8, 4) is 22.4 Å². The molecule has 0 saturated carbocycles. The fourth-order valence-electron chi connectivity index (χ4n) is 3.33. The maximum Gasteiger partial charge on any atom is 0.335 e. The highest BCUT2D eigenvalue weighted by molar-refractivity contribution is 6.39. The third kappa shape index (κ3) is 5.35. The van der Waals surface area contributed by atoms with Gasteiger partial charge in [0.25, 0.3) is 5.56 Å². The lowest BCUT2D eigenvalue weighted by Crippen LogP contribution is -2.29. The number of amides is 2. The van der Waals surface area contributed by atoms with Gasteiger partial charge < -0.3 is 15.7 Å². The molecule has 0 spiro atoms. The number of aromatic carboxylic acids is 1. The molecule has 2 amide bonds. The van der Waals surface area contributed by atoms with E-state index in [9.17, 15) is 14.4 Å². The molecule has 0 saturated heterocycles. The van der Waals surface area contributed by atoms with Gasteiger partial charge in [-0.05, 0) is 36.8 Å². The second-order valence-corrected chi connectivity index (χ2v) is 8.28. The molecule has 182 valence electrons. The fraction of sp³-hybridized carbons (Fsp3) is 0.0833. The topological polar surface area (TPSA) is 139 Å². The van der Waals surface area contributed by atoms with E-state index in [2.05, 4.69) is 25.7 Å². The maximum atomic E-state index is 12.8. The third-order valence-electron chi connectivity index (χ3n) is 5.11. The van der Waals surface area contributed by atoms with Crippen LogP contribution in [-0.2, 0) is 6.54 Å². The smallest absolute Gasteiger partial charge is 0.335 e. The zero-order valence-corrected chi connectivity index (χ0v) is 20.2. The minimum atomic E-state index is -1.02. The average Bonchev–Trinajstić information content (AvgIpc) is 2.87. The van der Waals surface area contributed by atoms with Gasteiger partial charge >= 0.3 is 12.0 Å². The predicted molar refractivity (Wildman–Crippen MR) is 137 cm³/mol. The molecule has 36 heavy (non-hydrogen) atoms. The second-order valence-electron chi connectivity index (χ2n) is 7.47. The minimum absolute atomic E-state index is 0.0168. The Morgan fingerprint density at radius 3 is 2.19 bits per heavy atom. The molecule has 1 aromatic carbocycles. The van der Waals surface area contributed by atoms with Crippen LogP contribution in [0.15, 0.2) is 66.0 Å². The Morgan fingerprint density at radius 2 is 1.56 bits per heavy atom. The molecular weight excluding hydrogens is 507 g/mol. The Kier molecular flexibility index (Phi) is 7.28. The molecule has 3 aromatic heterocycles. The third-order valence-corrected chi connectivity index (χ3v) is 5.69. The molecule has 0 atom stereocenters. The summed E-state index contributed by atoms with van der Waals surface area (Å²) in [7, 11) is 0. The number of carbonyl (C=O) groups excluding carboxylic acids is 1. The van der Waals surface area contributed by atoms with Crippen LogP contribution in [0, 0.1) is 0 Å². The van der Waals surface area contributed by atoms with Gasteiger partial charge in [-0.1, -0.05) is 35.3 Å². The van der Waals surface area contributed by atoms with Crippen molar-refractivity contribution in [2.24, 2.45) is 0 Å². The number of carboxylic acid groups (broad SMARTS) is 1. The quantitative estimate of drug-likeness (QED) is 0.321. The van der Waals surface area contributed by atoms with Crippen LogP contribution in [0.25, 0.3) is 22.4 Å². The molecule has 0 fully saturated rings. The fourth-order valence-corrected chi connectivity index (χ4v) is 3.79. The van der Waals surface area contributed by atoms with E-state index in [-0.39, 0.29) is 33.5 Å². The lowest BCUT2D eigenvalue weighted by atomic mass is 10.0. The number of carbonyl (C=O) groups is 2. The molecule has 0 bridgehead atoms. The molecular formula is C24H18Cl2N6O4. The Bertz CT molecular complexity index is 1500. The number of rotatable bonds is 6. The summed E-state index contributed by atoms with van der Waals surface area (Å²) in [4.78, 5) is 44.6. The number of nitrogens with zero attached hydrogens (tertiary/aromatic N) is 4. The highest BCUT2D eigenvalue weighted by atomic mass is 35.5. The van der Waals surface area contributed by atoms with E-state index in [0.717, 1.165) is 11.1 Å². The van der Waals surface area contributed by atoms with Crippen LogP contribution in [0.3, 0.4) is 0 Å². The lowest BCUT2D eigenvalue weighted by Gasteiger charge is -2.13. The summed E-state index contributed by atoms with van der Waals surface area (Å²) in [6, 6.07) is 8.87. The number of pyridine rings is 2. The van der Waals surface area contributed by atoms with Crippen molar-refractivity contribution < 1.29 is 14.7 Å². The molecule has 0 aliphatic heterocycles. The average molecular weight is 525 g/mol. The highest BCUT2D eigenvalue weighted by Crippen LogP contribution is 2.29. The summed E-state index contributed by atoms with van der Waals surface area (Å²) in [5.74, 6) is -1.02. The first-order chi connectivity index (χ1) is 17.3. The number of urea groups is 1. The molecule has 3 N–H and O–H groups in total. The van der Waals surface area contributed by atoms with E-state index in [4.69, 9.17) is 28.3 Å². The highest BCUT2D eigenvalue weighted by Gasteiger charge is 2.15. The maximum absolute atomic E-state index is 12.8. The van der Waals surface area contributed by atoms with Crippen LogP contribution >= 0.6 is 23.2 Å². The van der Waals surface area contributed by atoms with Crippen molar-refractivity contribution >= 4 is 46.6 Å². The van der Waals surface area contributed by atoms with Crippen molar-refractivity contribution in [1.82, 2.24) is 19.7 Å². The van der Waals surface area contributed by atoms with E-state index in [1.807, 2.05) is 0 Å². The van der Waals surface area contributed by atoms with E-state index < -0.39 is 17.6 Å². The summed E-state index contributed by atoms with van der Waals surface area (Å²) < 4.78 is 1.21. The zero-order chi connectivity index (χ0) is 25.8. The molecule has 10 nitrogen and oxygen atoms in total. The lowest BCUT2D eigenvalue weighted by molar-refractivity contribution is 0.0697.